The Balaban J connectivity index is 2.04. The van der Waals surface area contributed by atoms with Gasteiger partial charge in [0.25, 0.3) is 0 Å². The topological polar surface area (TPSA) is 16.1 Å². The van der Waals surface area contributed by atoms with Crippen molar-refractivity contribution < 1.29 is 0 Å². The molecule has 1 heterocycles. The van der Waals surface area contributed by atoms with Gasteiger partial charge in [-0.1, -0.05) is 15.9 Å². The predicted octanol–water partition coefficient (Wildman–Crippen LogP) is 3.23. The van der Waals surface area contributed by atoms with Crippen molar-refractivity contribution in [1.82, 2.24) is 4.98 Å². The number of hydrogen-bond donors (Lipinski definition) is 0. The van der Waals surface area contributed by atoms with E-state index in [-0.39, 0.29) is 0 Å². The third kappa shape index (κ3) is 2.71. The molecule has 0 bridgehead atoms. The molecular formula is C12H17BrN2. The van der Waals surface area contributed by atoms with Gasteiger partial charge in [0.15, 0.2) is 0 Å². The fourth-order valence-electron chi connectivity index (χ4n) is 1.99. The molecule has 0 atom stereocenters. The zero-order valence-electron chi connectivity index (χ0n) is 8.90. The van der Waals surface area contributed by atoms with E-state index in [9.17, 15) is 0 Å². The van der Waals surface area contributed by atoms with Crippen LogP contribution in [0.25, 0.3) is 0 Å². The lowest BCUT2D eigenvalue weighted by Gasteiger charge is -2.39. The Morgan fingerprint density at radius 1 is 1.33 bits per heavy atom. The smallest absolute Gasteiger partial charge is 0.0399 e. The van der Waals surface area contributed by atoms with Crippen LogP contribution in [0.5, 0.6) is 0 Å². The van der Waals surface area contributed by atoms with Crippen molar-refractivity contribution >= 4 is 21.6 Å². The molecule has 1 aromatic heterocycles. The molecular weight excluding hydrogens is 252 g/mol. The molecule has 0 spiro atoms. The van der Waals surface area contributed by atoms with Crippen molar-refractivity contribution in [3.63, 3.8) is 0 Å². The number of anilines is 1. The summed E-state index contributed by atoms with van der Waals surface area (Å²) in [6.45, 7) is 1.15. The van der Waals surface area contributed by atoms with Crippen molar-refractivity contribution in [3.8, 4) is 0 Å². The van der Waals surface area contributed by atoms with Gasteiger partial charge in [-0.05, 0) is 37.8 Å². The first-order valence-electron chi connectivity index (χ1n) is 5.64. The Bertz CT molecular complexity index is 285. The van der Waals surface area contributed by atoms with E-state index in [1.54, 1.807) is 0 Å². The summed E-state index contributed by atoms with van der Waals surface area (Å²) >= 11 is 3.50. The summed E-state index contributed by atoms with van der Waals surface area (Å²) in [5.74, 6) is 0. The summed E-state index contributed by atoms with van der Waals surface area (Å²) < 4.78 is 0. The van der Waals surface area contributed by atoms with E-state index in [2.05, 4.69) is 37.9 Å². The van der Waals surface area contributed by atoms with Crippen LogP contribution in [0.1, 0.15) is 25.7 Å². The third-order valence-electron chi connectivity index (χ3n) is 3.04. The minimum absolute atomic E-state index is 0.770. The fraction of sp³-hybridized carbons (Fsp3) is 0.583. The molecule has 15 heavy (non-hydrogen) atoms. The van der Waals surface area contributed by atoms with E-state index in [4.69, 9.17) is 0 Å². The number of halogens is 1. The van der Waals surface area contributed by atoms with Crippen LogP contribution in [0.15, 0.2) is 24.5 Å². The van der Waals surface area contributed by atoms with Crippen molar-refractivity contribution in [3.05, 3.63) is 24.5 Å². The molecule has 0 radical (unpaired) electrons. The van der Waals surface area contributed by atoms with Gasteiger partial charge in [-0.3, -0.25) is 4.98 Å². The van der Waals surface area contributed by atoms with E-state index in [0.29, 0.717) is 0 Å². The van der Waals surface area contributed by atoms with E-state index in [1.807, 2.05) is 12.4 Å². The van der Waals surface area contributed by atoms with Gasteiger partial charge in [0, 0.05) is 36.0 Å². The molecule has 1 aromatic rings. The lowest BCUT2D eigenvalue weighted by molar-refractivity contribution is 0.386. The van der Waals surface area contributed by atoms with E-state index in [0.717, 1.165) is 17.9 Å². The van der Waals surface area contributed by atoms with Gasteiger partial charge < -0.3 is 4.90 Å². The number of hydrogen-bond acceptors (Lipinski definition) is 2. The highest BCUT2D eigenvalue weighted by Crippen LogP contribution is 2.29. The molecule has 3 heteroatoms. The SMILES string of the molecule is BrCCCN(c1ccncc1)C1CCC1. The Morgan fingerprint density at radius 3 is 2.60 bits per heavy atom. The van der Waals surface area contributed by atoms with Crippen molar-refractivity contribution in [2.24, 2.45) is 0 Å². The molecule has 0 amide bonds. The molecule has 82 valence electrons. The monoisotopic (exact) mass is 268 g/mol. The summed E-state index contributed by atoms with van der Waals surface area (Å²) in [5, 5.41) is 1.08. The summed E-state index contributed by atoms with van der Waals surface area (Å²) in [5.41, 5.74) is 1.33. The van der Waals surface area contributed by atoms with Crippen molar-refractivity contribution in [2.45, 2.75) is 31.7 Å². The number of alkyl halides is 1. The van der Waals surface area contributed by atoms with Gasteiger partial charge in [0.2, 0.25) is 0 Å². The van der Waals surface area contributed by atoms with Gasteiger partial charge in [-0.15, -0.1) is 0 Å². The minimum atomic E-state index is 0.770. The second-order valence-electron chi connectivity index (χ2n) is 4.03. The summed E-state index contributed by atoms with van der Waals surface area (Å²) in [6, 6.07) is 5.01. The van der Waals surface area contributed by atoms with Crippen LogP contribution < -0.4 is 4.90 Å². The van der Waals surface area contributed by atoms with Crippen LogP contribution in [0.4, 0.5) is 5.69 Å². The largest absolute Gasteiger partial charge is 0.368 e. The Hall–Kier alpha value is -0.570. The minimum Gasteiger partial charge on any atom is -0.368 e. The number of rotatable bonds is 5. The normalized spacial score (nSPS) is 16.1. The maximum absolute atomic E-state index is 4.08. The standard InChI is InChI=1S/C12H17BrN2/c13-7-2-10-15(11-3-1-4-11)12-5-8-14-9-6-12/h5-6,8-9,11H,1-4,7,10H2. The predicted molar refractivity (Wildman–Crippen MR) is 67.6 cm³/mol. The highest BCUT2D eigenvalue weighted by atomic mass is 79.9. The van der Waals surface area contributed by atoms with Crippen LogP contribution in [0.2, 0.25) is 0 Å². The van der Waals surface area contributed by atoms with Crippen LogP contribution in [0, 0.1) is 0 Å². The van der Waals surface area contributed by atoms with Crippen molar-refractivity contribution in [2.75, 3.05) is 16.8 Å². The highest BCUT2D eigenvalue weighted by molar-refractivity contribution is 9.09. The Morgan fingerprint density at radius 2 is 2.07 bits per heavy atom. The Kier molecular flexibility index (Phi) is 4.01. The van der Waals surface area contributed by atoms with Crippen LogP contribution in [-0.2, 0) is 0 Å². The number of pyridine rings is 1. The van der Waals surface area contributed by atoms with E-state index >= 15 is 0 Å². The van der Waals surface area contributed by atoms with Gasteiger partial charge in [-0.2, -0.15) is 0 Å². The van der Waals surface area contributed by atoms with Crippen molar-refractivity contribution in [1.29, 1.82) is 0 Å². The number of aromatic nitrogens is 1. The second kappa shape index (κ2) is 5.50. The average Bonchev–Trinajstić information content (AvgIpc) is 2.22. The highest BCUT2D eigenvalue weighted by Gasteiger charge is 2.24. The third-order valence-corrected chi connectivity index (χ3v) is 3.60. The molecule has 0 aliphatic heterocycles. The van der Waals surface area contributed by atoms with E-state index in [1.165, 1.54) is 31.4 Å². The van der Waals surface area contributed by atoms with Gasteiger partial charge in [0.05, 0.1) is 0 Å². The first-order valence-corrected chi connectivity index (χ1v) is 6.76. The summed E-state index contributed by atoms with van der Waals surface area (Å²) in [6.07, 6.45) is 9.07. The van der Waals surface area contributed by atoms with Gasteiger partial charge in [-0.25, -0.2) is 0 Å². The molecule has 0 unspecified atom stereocenters. The first-order chi connectivity index (χ1) is 7.42. The fourth-order valence-corrected chi connectivity index (χ4v) is 2.24. The Labute approximate surface area is 99.8 Å². The second-order valence-corrected chi connectivity index (χ2v) is 4.82. The lowest BCUT2D eigenvalue weighted by Crippen LogP contribution is -2.41. The average molecular weight is 269 g/mol. The molecule has 1 fully saturated rings. The number of nitrogens with zero attached hydrogens (tertiary/aromatic N) is 2. The molecule has 0 aromatic carbocycles. The van der Waals surface area contributed by atoms with Gasteiger partial charge >= 0.3 is 0 Å². The van der Waals surface area contributed by atoms with E-state index < -0.39 is 0 Å². The zero-order valence-corrected chi connectivity index (χ0v) is 10.5. The molecule has 2 nitrogen and oxygen atoms in total. The molecule has 0 saturated heterocycles. The molecule has 1 saturated carbocycles. The van der Waals surface area contributed by atoms with Gasteiger partial charge in [0.1, 0.15) is 0 Å². The lowest BCUT2D eigenvalue weighted by atomic mass is 9.91. The summed E-state index contributed by atoms with van der Waals surface area (Å²) in [4.78, 5) is 6.61. The molecule has 1 aliphatic carbocycles. The maximum atomic E-state index is 4.08. The molecule has 0 N–H and O–H groups in total. The zero-order chi connectivity index (χ0) is 10.5. The molecule has 1 aliphatic rings. The van der Waals surface area contributed by atoms with Crippen LogP contribution >= 0.6 is 15.9 Å². The maximum Gasteiger partial charge on any atom is 0.0399 e. The molecule has 2 rings (SSSR count). The van der Waals surface area contributed by atoms with Crippen LogP contribution in [0.3, 0.4) is 0 Å². The summed E-state index contributed by atoms with van der Waals surface area (Å²) in [7, 11) is 0. The quantitative estimate of drug-likeness (QED) is 0.763. The first kappa shape index (κ1) is 10.9. The van der Waals surface area contributed by atoms with Crippen LogP contribution in [-0.4, -0.2) is 22.9 Å².